The molecule has 5 heteroatoms. The Hall–Kier alpha value is -2.87. The van der Waals surface area contributed by atoms with Gasteiger partial charge in [-0.05, 0) is 38.1 Å². The van der Waals surface area contributed by atoms with Crippen LogP contribution in [0, 0.1) is 11.3 Å². The lowest BCUT2D eigenvalue weighted by Crippen LogP contribution is -2.22. The number of rotatable bonds is 5. The Labute approximate surface area is 129 Å². The molecular formula is C17H17N3O2. The first kappa shape index (κ1) is 15.5. The van der Waals surface area contributed by atoms with Crippen molar-refractivity contribution in [1.29, 1.82) is 5.26 Å². The molecule has 0 fully saturated rings. The van der Waals surface area contributed by atoms with Crippen molar-refractivity contribution in [1.82, 2.24) is 4.98 Å². The fourth-order valence-electron chi connectivity index (χ4n) is 2.35. The van der Waals surface area contributed by atoms with Crippen LogP contribution in [0.3, 0.4) is 0 Å². The van der Waals surface area contributed by atoms with E-state index in [4.69, 9.17) is 5.11 Å². The molecule has 112 valence electrons. The summed E-state index contributed by atoms with van der Waals surface area (Å²) in [6.07, 6.45) is 1.46. The number of hydrogen-bond donors (Lipinski definition) is 1. The summed E-state index contributed by atoms with van der Waals surface area (Å²) in [6, 6.07) is 10.7. The molecule has 22 heavy (non-hydrogen) atoms. The first-order valence-electron chi connectivity index (χ1n) is 7.09. The second-order valence-corrected chi connectivity index (χ2v) is 4.75. The lowest BCUT2D eigenvalue weighted by molar-refractivity contribution is 0.0697. The molecule has 0 unspecified atom stereocenters. The molecule has 2 aromatic rings. The number of aromatic nitrogens is 1. The maximum Gasteiger partial charge on any atom is 0.335 e. The molecule has 0 atom stereocenters. The van der Waals surface area contributed by atoms with Gasteiger partial charge in [-0.25, -0.2) is 4.79 Å². The van der Waals surface area contributed by atoms with Crippen LogP contribution in [-0.4, -0.2) is 29.1 Å². The minimum absolute atomic E-state index is 0.177. The minimum atomic E-state index is -0.996. The van der Waals surface area contributed by atoms with E-state index in [0.717, 1.165) is 24.3 Å². The van der Waals surface area contributed by atoms with Crippen LogP contribution >= 0.6 is 0 Å². The van der Waals surface area contributed by atoms with Crippen molar-refractivity contribution in [2.75, 3.05) is 18.0 Å². The van der Waals surface area contributed by atoms with Crippen LogP contribution in [0.1, 0.15) is 29.8 Å². The van der Waals surface area contributed by atoms with Gasteiger partial charge in [-0.2, -0.15) is 5.26 Å². The maximum absolute atomic E-state index is 11.0. The number of anilines is 1. The van der Waals surface area contributed by atoms with Gasteiger partial charge in [0, 0.05) is 24.8 Å². The Morgan fingerprint density at radius 2 is 2.00 bits per heavy atom. The smallest absolute Gasteiger partial charge is 0.335 e. The zero-order valence-electron chi connectivity index (χ0n) is 12.6. The molecule has 0 radical (unpaired) electrons. The third-order valence-corrected chi connectivity index (χ3v) is 3.52. The molecule has 1 aromatic carbocycles. The van der Waals surface area contributed by atoms with Crippen molar-refractivity contribution in [2.45, 2.75) is 13.8 Å². The summed E-state index contributed by atoms with van der Waals surface area (Å²) in [5, 5.41) is 18.4. The van der Waals surface area contributed by atoms with Crippen molar-refractivity contribution in [2.24, 2.45) is 0 Å². The predicted molar refractivity (Wildman–Crippen MR) is 84.9 cm³/mol. The van der Waals surface area contributed by atoms with Gasteiger partial charge in [-0.1, -0.05) is 6.07 Å². The highest BCUT2D eigenvalue weighted by Gasteiger charge is 2.11. The molecule has 0 saturated carbocycles. The van der Waals surface area contributed by atoms with Gasteiger partial charge in [0.2, 0.25) is 0 Å². The Bertz CT molecular complexity index is 731. The fourth-order valence-corrected chi connectivity index (χ4v) is 2.35. The standard InChI is InChI=1S/C17H17N3O2/c1-3-20(4-2)16-6-5-12(9-14(16)11-18)15-10-13(17(21)22)7-8-19-15/h5-10H,3-4H2,1-2H3,(H,21,22). The highest BCUT2D eigenvalue weighted by Crippen LogP contribution is 2.26. The van der Waals surface area contributed by atoms with Gasteiger partial charge in [0.05, 0.1) is 22.5 Å². The molecule has 1 heterocycles. The Balaban J connectivity index is 2.48. The Morgan fingerprint density at radius 1 is 1.27 bits per heavy atom. The molecule has 0 aliphatic heterocycles. The van der Waals surface area contributed by atoms with Gasteiger partial charge in [0.15, 0.2) is 0 Å². The molecule has 2 rings (SSSR count). The molecule has 1 aromatic heterocycles. The number of aromatic carboxylic acids is 1. The van der Waals surface area contributed by atoms with E-state index in [1.165, 1.54) is 18.3 Å². The first-order chi connectivity index (χ1) is 10.6. The zero-order chi connectivity index (χ0) is 16.1. The largest absolute Gasteiger partial charge is 0.478 e. The quantitative estimate of drug-likeness (QED) is 0.916. The van der Waals surface area contributed by atoms with Gasteiger partial charge in [-0.3, -0.25) is 4.98 Å². The summed E-state index contributed by atoms with van der Waals surface area (Å²) in [4.78, 5) is 17.3. The van der Waals surface area contributed by atoms with Crippen molar-refractivity contribution in [3.63, 3.8) is 0 Å². The summed E-state index contributed by atoms with van der Waals surface area (Å²) in [6.45, 7) is 5.71. The van der Waals surface area contributed by atoms with Crippen LogP contribution in [0.4, 0.5) is 5.69 Å². The van der Waals surface area contributed by atoms with Crippen molar-refractivity contribution in [3.8, 4) is 17.3 Å². The van der Waals surface area contributed by atoms with E-state index in [0.29, 0.717) is 11.3 Å². The van der Waals surface area contributed by atoms with Crippen molar-refractivity contribution in [3.05, 3.63) is 47.7 Å². The lowest BCUT2D eigenvalue weighted by atomic mass is 10.0. The van der Waals surface area contributed by atoms with Gasteiger partial charge in [0.1, 0.15) is 6.07 Å². The van der Waals surface area contributed by atoms with E-state index in [2.05, 4.69) is 16.0 Å². The monoisotopic (exact) mass is 295 g/mol. The van der Waals surface area contributed by atoms with Crippen LogP contribution < -0.4 is 4.90 Å². The molecular weight excluding hydrogens is 278 g/mol. The van der Waals surface area contributed by atoms with Crippen LogP contribution in [0.25, 0.3) is 11.3 Å². The number of pyridine rings is 1. The summed E-state index contributed by atoms with van der Waals surface area (Å²) >= 11 is 0. The second-order valence-electron chi connectivity index (χ2n) is 4.75. The minimum Gasteiger partial charge on any atom is -0.478 e. The van der Waals surface area contributed by atoms with E-state index in [-0.39, 0.29) is 5.56 Å². The summed E-state index contributed by atoms with van der Waals surface area (Å²) in [5.74, 6) is -0.996. The van der Waals surface area contributed by atoms with E-state index < -0.39 is 5.97 Å². The van der Waals surface area contributed by atoms with Crippen LogP contribution in [0.2, 0.25) is 0 Å². The number of nitrogens with zero attached hydrogens (tertiary/aromatic N) is 3. The Morgan fingerprint density at radius 3 is 2.59 bits per heavy atom. The molecule has 5 nitrogen and oxygen atoms in total. The number of hydrogen-bond acceptors (Lipinski definition) is 4. The van der Waals surface area contributed by atoms with Crippen LogP contribution in [-0.2, 0) is 0 Å². The lowest BCUT2D eigenvalue weighted by Gasteiger charge is -2.22. The van der Waals surface area contributed by atoms with Gasteiger partial charge in [0.25, 0.3) is 0 Å². The third-order valence-electron chi connectivity index (χ3n) is 3.52. The highest BCUT2D eigenvalue weighted by molar-refractivity contribution is 5.89. The third kappa shape index (κ3) is 3.07. The van der Waals surface area contributed by atoms with Crippen molar-refractivity contribution < 1.29 is 9.90 Å². The van der Waals surface area contributed by atoms with Crippen LogP contribution in [0.15, 0.2) is 36.5 Å². The van der Waals surface area contributed by atoms with E-state index in [1.54, 1.807) is 6.07 Å². The normalized spacial score (nSPS) is 10.0. The molecule has 0 amide bonds. The number of carbonyl (C=O) groups is 1. The predicted octanol–water partition coefficient (Wildman–Crippen LogP) is 3.16. The first-order valence-corrected chi connectivity index (χ1v) is 7.09. The molecule has 0 bridgehead atoms. The summed E-state index contributed by atoms with van der Waals surface area (Å²) in [7, 11) is 0. The number of carboxylic acid groups (broad SMARTS) is 1. The summed E-state index contributed by atoms with van der Waals surface area (Å²) in [5.41, 5.74) is 2.89. The van der Waals surface area contributed by atoms with E-state index in [1.807, 2.05) is 26.0 Å². The van der Waals surface area contributed by atoms with Gasteiger partial charge >= 0.3 is 5.97 Å². The zero-order valence-corrected chi connectivity index (χ0v) is 12.6. The van der Waals surface area contributed by atoms with Gasteiger partial charge in [-0.15, -0.1) is 0 Å². The van der Waals surface area contributed by atoms with Gasteiger partial charge < -0.3 is 10.0 Å². The topological polar surface area (TPSA) is 77.2 Å². The Kier molecular flexibility index (Phi) is 4.74. The maximum atomic E-state index is 11.0. The SMILES string of the molecule is CCN(CC)c1ccc(-c2cc(C(=O)O)ccn2)cc1C#N. The van der Waals surface area contributed by atoms with E-state index >= 15 is 0 Å². The highest BCUT2D eigenvalue weighted by atomic mass is 16.4. The summed E-state index contributed by atoms with van der Waals surface area (Å²) < 4.78 is 0. The fraction of sp³-hybridized carbons (Fsp3) is 0.235. The molecule has 0 aliphatic carbocycles. The average molecular weight is 295 g/mol. The number of carboxylic acids is 1. The number of benzene rings is 1. The van der Waals surface area contributed by atoms with Crippen LogP contribution in [0.5, 0.6) is 0 Å². The molecule has 1 N–H and O–H groups in total. The molecule has 0 saturated heterocycles. The second kappa shape index (κ2) is 6.72. The molecule has 0 aliphatic rings. The van der Waals surface area contributed by atoms with Crippen molar-refractivity contribution >= 4 is 11.7 Å². The molecule has 0 spiro atoms. The average Bonchev–Trinajstić information content (AvgIpc) is 2.56. The number of nitriles is 1. The van der Waals surface area contributed by atoms with E-state index in [9.17, 15) is 10.1 Å².